The second-order valence-electron chi connectivity index (χ2n) is 4.33. The van der Waals surface area contributed by atoms with Gasteiger partial charge in [-0.05, 0) is 19.3 Å². The number of alkyl halides is 1. The van der Waals surface area contributed by atoms with Crippen LogP contribution in [0.2, 0.25) is 0 Å². The van der Waals surface area contributed by atoms with E-state index in [1.165, 1.54) is 6.42 Å². The van der Waals surface area contributed by atoms with Crippen LogP contribution in [0, 0.1) is 0 Å². The Bertz CT molecular complexity index is 266. The van der Waals surface area contributed by atoms with Gasteiger partial charge in [-0.15, -0.1) is 0 Å². The fraction of sp³-hybridized carbons (Fsp3) is 0.889. The minimum Gasteiger partial charge on any atom is -0.445 e. The molecule has 2 aliphatic heterocycles. The molecule has 2 saturated heterocycles. The highest BCUT2D eigenvalue weighted by Crippen LogP contribution is 2.49. The highest BCUT2D eigenvalue weighted by molar-refractivity contribution is 9.09. The summed E-state index contributed by atoms with van der Waals surface area (Å²) in [6.07, 6.45) is 4.46. The Labute approximate surface area is 85.5 Å². The summed E-state index contributed by atoms with van der Waals surface area (Å²) in [6, 6.07) is 0. The van der Waals surface area contributed by atoms with Crippen LogP contribution in [0.5, 0.6) is 0 Å². The van der Waals surface area contributed by atoms with Gasteiger partial charge >= 0.3 is 6.09 Å². The molecule has 0 N–H and O–H groups in total. The van der Waals surface area contributed by atoms with Crippen LogP contribution in [0.4, 0.5) is 4.79 Å². The van der Waals surface area contributed by atoms with E-state index < -0.39 is 0 Å². The van der Waals surface area contributed by atoms with Gasteiger partial charge in [0, 0.05) is 13.0 Å². The maximum absolute atomic E-state index is 11.6. The summed E-state index contributed by atoms with van der Waals surface area (Å²) in [6.45, 7) is 0.894. The minimum atomic E-state index is -0.0873. The molecule has 0 radical (unpaired) electrons. The van der Waals surface area contributed by atoms with Gasteiger partial charge in [0.1, 0.15) is 6.10 Å². The molecule has 1 aliphatic carbocycles. The van der Waals surface area contributed by atoms with Crippen LogP contribution in [-0.2, 0) is 4.74 Å². The lowest BCUT2D eigenvalue weighted by molar-refractivity contribution is 0.0114. The van der Waals surface area contributed by atoms with Gasteiger partial charge in [0.15, 0.2) is 0 Å². The maximum Gasteiger partial charge on any atom is 0.410 e. The Morgan fingerprint density at radius 1 is 1.54 bits per heavy atom. The first-order chi connectivity index (χ1) is 6.21. The van der Waals surface area contributed by atoms with Crippen molar-refractivity contribution in [3.05, 3.63) is 0 Å². The molecular formula is C9H12BrNO2. The number of fused-ring (bicyclic) bond motifs is 1. The quantitative estimate of drug-likeness (QED) is 0.611. The van der Waals surface area contributed by atoms with E-state index in [0.717, 1.165) is 25.8 Å². The molecule has 1 spiro atoms. The second-order valence-corrected chi connectivity index (χ2v) is 5.50. The molecule has 0 unspecified atom stereocenters. The molecule has 1 amide bonds. The van der Waals surface area contributed by atoms with Crippen molar-refractivity contribution in [1.29, 1.82) is 0 Å². The van der Waals surface area contributed by atoms with Crippen LogP contribution < -0.4 is 0 Å². The van der Waals surface area contributed by atoms with E-state index in [-0.39, 0.29) is 17.7 Å². The smallest absolute Gasteiger partial charge is 0.410 e. The topological polar surface area (TPSA) is 29.5 Å². The summed E-state index contributed by atoms with van der Waals surface area (Å²) < 4.78 is 5.34. The molecular weight excluding hydrogens is 234 g/mol. The first kappa shape index (κ1) is 8.09. The van der Waals surface area contributed by atoms with Crippen LogP contribution in [0.1, 0.15) is 25.7 Å². The average Bonchev–Trinajstić information content (AvgIpc) is 2.57. The van der Waals surface area contributed by atoms with Gasteiger partial charge < -0.3 is 9.64 Å². The molecule has 1 saturated carbocycles. The predicted octanol–water partition coefficient (Wildman–Crippen LogP) is 1.90. The first-order valence-corrected chi connectivity index (χ1v) is 5.75. The van der Waals surface area contributed by atoms with Crippen molar-refractivity contribution in [2.75, 3.05) is 6.54 Å². The standard InChI is InChI=1S/C9H12BrNO2/c10-6-4-9-2-1-3-11(9)8(12)13-7(6)5-9/h6-7H,1-5H2/t6-,7-,9-/m1/s1. The third-order valence-corrected chi connectivity index (χ3v) is 4.54. The van der Waals surface area contributed by atoms with E-state index in [9.17, 15) is 4.79 Å². The number of carbonyl (C=O) groups excluding carboxylic acids is 1. The highest BCUT2D eigenvalue weighted by Gasteiger charge is 2.57. The number of halogens is 1. The maximum atomic E-state index is 11.6. The van der Waals surface area contributed by atoms with Crippen LogP contribution in [0.3, 0.4) is 0 Å². The summed E-state index contributed by atoms with van der Waals surface area (Å²) in [5.41, 5.74) is 0.161. The lowest BCUT2D eigenvalue weighted by Crippen LogP contribution is -2.50. The highest BCUT2D eigenvalue weighted by atomic mass is 79.9. The van der Waals surface area contributed by atoms with Crippen LogP contribution in [-0.4, -0.2) is 34.0 Å². The van der Waals surface area contributed by atoms with Gasteiger partial charge in [-0.25, -0.2) is 4.79 Å². The lowest BCUT2D eigenvalue weighted by atomic mass is 9.94. The van der Waals surface area contributed by atoms with E-state index in [1.54, 1.807) is 0 Å². The van der Waals surface area contributed by atoms with E-state index in [0.29, 0.717) is 4.83 Å². The van der Waals surface area contributed by atoms with Crippen molar-refractivity contribution in [2.45, 2.75) is 42.2 Å². The summed E-state index contributed by atoms with van der Waals surface area (Å²) >= 11 is 3.60. The molecule has 3 nitrogen and oxygen atoms in total. The Balaban J connectivity index is 2.00. The van der Waals surface area contributed by atoms with Crippen molar-refractivity contribution < 1.29 is 9.53 Å². The van der Waals surface area contributed by atoms with Gasteiger partial charge in [0.05, 0.1) is 10.4 Å². The molecule has 2 bridgehead atoms. The van der Waals surface area contributed by atoms with Gasteiger partial charge in [-0.3, -0.25) is 0 Å². The van der Waals surface area contributed by atoms with Crippen LogP contribution >= 0.6 is 15.9 Å². The Kier molecular flexibility index (Phi) is 1.50. The van der Waals surface area contributed by atoms with E-state index >= 15 is 0 Å². The van der Waals surface area contributed by atoms with Crippen molar-refractivity contribution in [2.24, 2.45) is 0 Å². The van der Waals surface area contributed by atoms with Crippen LogP contribution in [0.25, 0.3) is 0 Å². The number of ether oxygens (including phenoxy) is 1. The summed E-state index contributed by atoms with van der Waals surface area (Å²) in [7, 11) is 0. The first-order valence-electron chi connectivity index (χ1n) is 4.84. The average molecular weight is 246 g/mol. The number of hydrogen-bond acceptors (Lipinski definition) is 2. The molecule has 4 heteroatoms. The predicted molar refractivity (Wildman–Crippen MR) is 50.9 cm³/mol. The minimum absolute atomic E-state index is 0.0873. The lowest BCUT2D eigenvalue weighted by Gasteiger charge is -2.37. The molecule has 72 valence electrons. The van der Waals surface area contributed by atoms with Gasteiger partial charge in [-0.1, -0.05) is 15.9 Å². The van der Waals surface area contributed by atoms with Gasteiger partial charge in [0.2, 0.25) is 0 Å². The zero-order chi connectivity index (χ0) is 9.05. The molecule has 2 heterocycles. The van der Waals surface area contributed by atoms with Crippen molar-refractivity contribution >= 4 is 22.0 Å². The molecule has 3 fully saturated rings. The number of carbonyl (C=O) groups is 1. The Morgan fingerprint density at radius 2 is 2.38 bits per heavy atom. The number of rotatable bonds is 0. The molecule has 0 aromatic heterocycles. The number of hydrogen-bond donors (Lipinski definition) is 0. The second kappa shape index (κ2) is 2.41. The third kappa shape index (κ3) is 0.925. The molecule has 0 aromatic carbocycles. The SMILES string of the molecule is O=C1O[C@@H]2C[C@@]3(CCCN13)C[C@H]2Br. The zero-order valence-electron chi connectivity index (χ0n) is 7.33. The number of amides is 1. The largest absolute Gasteiger partial charge is 0.445 e. The monoisotopic (exact) mass is 245 g/mol. The Morgan fingerprint density at radius 3 is 3.23 bits per heavy atom. The summed E-state index contributed by atoms with van der Waals surface area (Å²) in [5, 5.41) is 0. The normalized spacial score (nSPS) is 47.8. The third-order valence-electron chi connectivity index (χ3n) is 3.63. The molecule has 3 aliphatic rings. The fourth-order valence-electron chi connectivity index (χ4n) is 3.04. The van der Waals surface area contributed by atoms with Gasteiger partial charge in [0.25, 0.3) is 0 Å². The fourth-order valence-corrected chi connectivity index (χ4v) is 3.93. The van der Waals surface area contributed by atoms with Crippen molar-refractivity contribution in [1.82, 2.24) is 4.90 Å². The van der Waals surface area contributed by atoms with E-state index in [4.69, 9.17) is 4.74 Å². The van der Waals surface area contributed by atoms with E-state index in [2.05, 4.69) is 15.9 Å². The van der Waals surface area contributed by atoms with Crippen molar-refractivity contribution in [3.8, 4) is 0 Å². The molecule has 3 rings (SSSR count). The van der Waals surface area contributed by atoms with Crippen molar-refractivity contribution in [3.63, 3.8) is 0 Å². The Hall–Kier alpha value is -0.250. The zero-order valence-corrected chi connectivity index (χ0v) is 8.92. The molecule has 3 atom stereocenters. The number of nitrogens with zero attached hydrogens (tertiary/aromatic N) is 1. The molecule has 0 aromatic rings. The summed E-state index contributed by atoms with van der Waals surface area (Å²) in [4.78, 5) is 13.9. The van der Waals surface area contributed by atoms with Gasteiger partial charge in [-0.2, -0.15) is 0 Å². The van der Waals surface area contributed by atoms with Crippen LogP contribution in [0.15, 0.2) is 0 Å². The molecule has 13 heavy (non-hydrogen) atoms. The van der Waals surface area contributed by atoms with E-state index in [1.807, 2.05) is 4.90 Å². The summed E-state index contributed by atoms with van der Waals surface area (Å²) in [5.74, 6) is 0.